The zero-order chi connectivity index (χ0) is 19.2. The summed E-state index contributed by atoms with van der Waals surface area (Å²) in [5, 5.41) is -0.108. The molecular weight excluding hydrogens is 342 g/mol. The molecule has 1 atom stereocenters. The molecule has 140 valence electrons. The van der Waals surface area contributed by atoms with Gasteiger partial charge in [0.15, 0.2) is 5.03 Å². The normalized spacial score (nSPS) is 18.2. The van der Waals surface area contributed by atoms with Gasteiger partial charge in [0.1, 0.15) is 5.60 Å². The first-order chi connectivity index (χ1) is 11.2. The van der Waals surface area contributed by atoms with Crippen LogP contribution in [-0.2, 0) is 21.2 Å². The van der Waals surface area contributed by atoms with Crippen molar-refractivity contribution in [2.75, 3.05) is 4.90 Å². The maximum atomic E-state index is 12.5. The Balaban J connectivity index is 2.40. The van der Waals surface area contributed by atoms with Crippen LogP contribution in [0.2, 0.25) is 0 Å². The number of carbonyl (C=O) groups is 1. The Kier molecular flexibility index (Phi) is 4.91. The van der Waals surface area contributed by atoms with Crippen molar-refractivity contribution in [1.29, 1.82) is 0 Å². The summed E-state index contributed by atoms with van der Waals surface area (Å²) in [5.74, 6) is 0. The fraction of sp³-hybridized carbons (Fsp3) is 0.647. The molecule has 1 aromatic rings. The van der Waals surface area contributed by atoms with Crippen LogP contribution in [0.25, 0.3) is 0 Å². The van der Waals surface area contributed by atoms with Gasteiger partial charge in [0.25, 0.3) is 10.0 Å². The van der Waals surface area contributed by atoms with Crippen LogP contribution in [0.4, 0.5) is 10.5 Å². The molecule has 1 unspecified atom stereocenters. The van der Waals surface area contributed by atoms with E-state index in [1.165, 1.54) is 17.2 Å². The number of hydrogen-bond donors (Lipinski definition) is 1. The van der Waals surface area contributed by atoms with Crippen molar-refractivity contribution in [1.82, 2.24) is 9.71 Å². The zero-order valence-electron chi connectivity index (χ0n) is 15.9. The molecule has 0 fully saturated rings. The van der Waals surface area contributed by atoms with E-state index in [-0.39, 0.29) is 11.1 Å². The highest BCUT2D eigenvalue weighted by molar-refractivity contribution is 7.89. The molecular formula is C17H27N3O4S. The molecule has 25 heavy (non-hydrogen) atoms. The van der Waals surface area contributed by atoms with Gasteiger partial charge in [-0.25, -0.2) is 22.9 Å². The number of rotatable bonds is 2. The average Bonchev–Trinajstić information content (AvgIpc) is 2.68. The Morgan fingerprint density at radius 1 is 1.28 bits per heavy atom. The highest BCUT2D eigenvalue weighted by atomic mass is 32.2. The third kappa shape index (κ3) is 4.70. The predicted molar refractivity (Wildman–Crippen MR) is 96.2 cm³/mol. The van der Waals surface area contributed by atoms with Crippen LogP contribution in [0.3, 0.4) is 0 Å². The Morgan fingerprint density at radius 2 is 1.88 bits per heavy atom. The number of ether oxygens (including phenoxy) is 1. The van der Waals surface area contributed by atoms with Crippen molar-refractivity contribution in [3.8, 4) is 0 Å². The van der Waals surface area contributed by atoms with Crippen molar-refractivity contribution in [2.45, 2.75) is 77.1 Å². The molecule has 1 N–H and O–H groups in total. The van der Waals surface area contributed by atoms with Gasteiger partial charge in [0.05, 0.1) is 5.69 Å². The molecule has 0 saturated heterocycles. The lowest BCUT2D eigenvalue weighted by atomic mass is 10.1. The van der Waals surface area contributed by atoms with Crippen molar-refractivity contribution in [2.24, 2.45) is 0 Å². The molecule has 1 aromatic heterocycles. The molecule has 1 aliphatic rings. The van der Waals surface area contributed by atoms with Gasteiger partial charge in [0.2, 0.25) is 0 Å². The summed E-state index contributed by atoms with van der Waals surface area (Å²) in [7, 11) is -3.78. The van der Waals surface area contributed by atoms with Gasteiger partial charge < -0.3 is 4.74 Å². The van der Waals surface area contributed by atoms with Crippen molar-refractivity contribution in [3.63, 3.8) is 0 Å². The van der Waals surface area contributed by atoms with Gasteiger partial charge in [-0.15, -0.1) is 0 Å². The summed E-state index contributed by atoms with van der Waals surface area (Å²) in [4.78, 5) is 18.1. The molecule has 1 aliphatic heterocycles. The van der Waals surface area contributed by atoms with Crippen LogP contribution in [0.5, 0.6) is 0 Å². The molecule has 1 amide bonds. The van der Waals surface area contributed by atoms with E-state index in [1.807, 2.05) is 6.92 Å². The largest absolute Gasteiger partial charge is 0.443 e. The minimum Gasteiger partial charge on any atom is -0.443 e. The third-order valence-electron chi connectivity index (χ3n) is 3.46. The maximum absolute atomic E-state index is 12.5. The van der Waals surface area contributed by atoms with Crippen molar-refractivity contribution >= 4 is 21.8 Å². The molecule has 8 heteroatoms. The summed E-state index contributed by atoms with van der Waals surface area (Å²) in [6.45, 7) is 12.5. The standard InChI is InChI=1S/C17H27N3O4S/c1-11-8-12-10-18-14(25(22,23)19-16(2,3)4)9-13(12)20(11)15(21)24-17(5,6)7/h9-11,19H,8H2,1-7H3. The van der Waals surface area contributed by atoms with Crippen LogP contribution < -0.4 is 9.62 Å². The molecule has 0 radical (unpaired) electrons. The van der Waals surface area contributed by atoms with E-state index < -0.39 is 27.3 Å². The zero-order valence-corrected chi connectivity index (χ0v) is 16.7. The number of hydrogen-bond acceptors (Lipinski definition) is 5. The van der Waals surface area contributed by atoms with Gasteiger partial charge in [-0.05, 0) is 60.5 Å². The van der Waals surface area contributed by atoms with Crippen LogP contribution in [0.15, 0.2) is 17.3 Å². The minimum absolute atomic E-state index is 0.108. The fourth-order valence-electron chi connectivity index (χ4n) is 2.67. The van der Waals surface area contributed by atoms with E-state index in [4.69, 9.17) is 4.74 Å². The monoisotopic (exact) mass is 369 g/mol. The van der Waals surface area contributed by atoms with Gasteiger partial charge in [-0.3, -0.25) is 4.90 Å². The van der Waals surface area contributed by atoms with E-state index in [9.17, 15) is 13.2 Å². The molecule has 2 heterocycles. The van der Waals surface area contributed by atoms with Crippen LogP contribution in [0.1, 0.15) is 54.0 Å². The number of carbonyl (C=O) groups excluding carboxylic acids is 1. The highest BCUT2D eigenvalue weighted by Gasteiger charge is 2.36. The van der Waals surface area contributed by atoms with Gasteiger partial charge in [-0.2, -0.15) is 0 Å². The lowest BCUT2D eigenvalue weighted by molar-refractivity contribution is 0.0572. The molecule has 7 nitrogen and oxygen atoms in total. The lowest BCUT2D eigenvalue weighted by Gasteiger charge is -2.27. The Hall–Kier alpha value is -1.67. The van der Waals surface area contributed by atoms with Crippen LogP contribution in [-0.4, -0.2) is 36.7 Å². The van der Waals surface area contributed by atoms with Gasteiger partial charge in [-0.1, -0.05) is 0 Å². The van der Waals surface area contributed by atoms with Crippen molar-refractivity contribution < 1.29 is 17.9 Å². The second-order valence-electron chi connectivity index (χ2n) is 8.41. The second-order valence-corrected chi connectivity index (χ2v) is 10.0. The summed E-state index contributed by atoms with van der Waals surface area (Å²) >= 11 is 0. The topological polar surface area (TPSA) is 88.6 Å². The van der Waals surface area contributed by atoms with E-state index >= 15 is 0 Å². The number of nitrogens with zero attached hydrogens (tertiary/aromatic N) is 2. The first-order valence-corrected chi connectivity index (χ1v) is 9.73. The number of sulfonamides is 1. The first-order valence-electron chi connectivity index (χ1n) is 8.25. The molecule has 0 aromatic carbocycles. The Labute approximate surface area is 149 Å². The first kappa shape index (κ1) is 19.7. The Morgan fingerprint density at radius 3 is 2.40 bits per heavy atom. The Bertz CT molecular complexity index is 776. The molecule has 0 saturated carbocycles. The van der Waals surface area contributed by atoms with Gasteiger partial charge >= 0.3 is 6.09 Å². The molecule has 0 bridgehead atoms. The van der Waals surface area contributed by atoms with E-state index in [2.05, 4.69) is 9.71 Å². The lowest BCUT2D eigenvalue weighted by Crippen LogP contribution is -2.41. The average molecular weight is 369 g/mol. The number of fused-ring (bicyclic) bond motifs is 1. The minimum atomic E-state index is -3.78. The molecule has 0 spiro atoms. The number of aromatic nitrogens is 1. The molecule has 0 aliphatic carbocycles. The van der Waals surface area contributed by atoms with Gasteiger partial charge in [0, 0.05) is 23.8 Å². The van der Waals surface area contributed by atoms with Crippen molar-refractivity contribution in [3.05, 3.63) is 17.8 Å². The predicted octanol–water partition coefficient (Wildman–Crippen LogP) is 2.84. The summed E-state index contributed by atoms with van der Waals surface area (Å²) in [6.07, 6.45) is 1.64. The molecule has 2 rings (SSSR count). The third-order valence-corrected chi connectivity index (χ3v) is 5.11. The number of anilines is 1. The van der Waals surface area contributed by atoms with Crippen LogP contribution >= 0.6 is 0 Å². The maximum Gasteiger partial charge on any atom is 0.415 e. The smallest absolute Gasteiger partial charge is 0.415 e. The number of nitrogens with one attached hydrogen (secondary N) is 1. The fourth-order valence-corrected chi connectivity index (χ4v) is 4.04. The summed E-state index contributed by atoms with van der Waals surface area (Å²) < 4.78 is 33.1. The summed E-state index contributed by atoms with van der Waals surface area (Å²) in [6, 6.07) is 1.32. The highest BCUT2D eigenvalue weighted by Crippen LogP contribution is 2.34. The summed E-state index contributed by atoms with van der Waals surface area (Å²) in [5.41, 5.74) is 0.103. The second kappa shape index (κ2) is 6.25. The van der Waals surface area contributed by atoms with E-state index in [0.29, 0.717) is 12.1 Å². The van der Waals surface area contributed by atoms with E-state index in [1.54, 1.807) is 41.5 Å². The quantitative estimate of drug-likeness (QED) is 0.866. The SMILES string of the molecule is CC1Cc2cnc(S(=O)(=O)NC(C)(C)C)cc2N1C(=O)OC(C)(C)C. The number of amides is 1. The number of pyridine rings is 1. The van der Waals surface area contributed by atoms with E-state index in [0.717, 1.165) is 5.56 Å². The van der Waals surface area contributed by atoms with Crippen LogP contribution in [0, 0.1) is 0 Å².